The first-order valence-corrected chi connectivity index (χ1v) is 9.03. The van der Waals surface area contributed by atoms with Gasteiger partial charge in [0.2, 0.25) is 0 Å². The lowest BCUT2D eigenvalue weighted by molar-refractivity contribution is 0.0675. The Bertz CT molecular complexity index is 757. The van der Waals surface area contributed by atoms with Gasteiger partial charge in [0.05, 0.1) is 6.26 Å². The van der Waals surface area contributed by atoms with E-state index in [1.54, 1.807) is 36.4 Å². The van der Waals surface area contributed by atoms with Crippen molar-refractivity contribution >= 4 is 17.5 Å². The number of amides is 2. The lowest BCUT2D eigenvalue weighted by Gasteiger charge is -2.30. The van der Waals surface area contributed by atoms with E-state index < -0.39 is 0 Å². The summed E-state index contributed by atoms with van der Waals surface area (Å²) in [5.41, 5.74) is 1.17. The van der Waals surface area contributed by atoms with Crippen LogP contribution in [0.4, 0.5) is 5.69 Å². The maximum Gasteiger partial charge on any atom is 0.291 e. The van der Waals surface area contributed by atoms with Gasteiger partial charge in [-0.25, -0.2) is 0 Å². The maximum absolute atomic E-state index is 13.1. The number of rotatable bonds is 4. The second kappa shape index (κ2) is 8.19. The second-order valence-corrected chi connectivity index (χ2v) is 6.69. The molecule has 6 heteroatoms. The first-order valence-electron chi connectivity index (χ1n) is 9.03. The van der Waals surface area contributed by atoms with E-state index in [-0.39, 0.29) is 23.6 Å². The smallest absolute Gasteiger partial charge is 0.291 e. The first-order chi connectivity index (χ1) is 12.6. The van der Waals surface area contributed by atoms with E-state index >= 15 is 0 Å². The van der Waals surface area contributed by atoms with E-state index in [1.807, 2.05) is 4.90 Å². The third-order valence-corrected chi connectivity index (χ3v) is 4.75. The standard InChI is InChI=1S/C20H25N3O3/c1-3-17-14-22(2)10-6-11-23(17)20(25)15-7-4-8-16(13-15)21-19(24)18-9-5-12-26-18/h4-5,7-9,12-13,17H,3,6,10-11,14H2,1-2H3,(H,21,24)/t17-/m0/s1. The van der Waals surface area contributed by atoms with Gasteiger partial charge in [0, 0.05) is 30.4 Å². The summed E-state index contributed by atoms with van der Waals surface area (Å²) in [6, 6.07) is 10.5. The van der Waals surface area contributed by atoms with Crippen LogP contribution in [-0.2, 0) is 0 Å². The highest BCUT2D eigenvalue weighted by atomic mass is 16.3. The molecule has 1 aromatic heterocycles. The molecule has 2 amide bonds. The topological polar surface area (TPSA) is 65.8 Å². The van der Waals surface area contributed by atoms with Crippen LogP contribution in [0.15, 0.2) is 47.1 Å². The highest BCUT2D eigenvalue weighted by Crippen LogP contribution is 2.19. The van der Waals surface area contributed by atoms with Crippen molar-refractivity contribution in [2.75, 3.05) is 32.0 Å². The molecule has 1 atom stereocenters. The fourth-order valence-electron chi connectivity index (χ4n) is 3.36. The predicted molar refractivity (Wildman–Crippen MR) is 100 cm³/mol. The molecule has 0 aliphatic carbocycles. The highest BCUT2D eigenvalue weighted by molar-refractivity contribution is 6.03. The number of likely N-dealkylation sites (N-methyl/N-ethyl adjacent to an activating group) is 1. The number of carbonyl (C=O) groups is 2. The van der Waals surface area contributed by atoms with E-state index in [9.17, 15) is 9.59 Å². The monoisotopic (exact) mass is 355 g/mol. The van der Waals surface area contributed by atoms with Crippen molar-refractivity contribution in [3.8, 4) is 0 Å². The molecule has 1 aromatic carbocycles. The Kier molecular flexibility index (Phi) is 5.73. The minimum Gasteiger partial charge on any atom is -0.459 e. The molecular formula is C20H25N3O3. The lowest BCUT2D eigenvalue weighted by atomic mass is 10.1. The van der Waals surface area contributed by atoms with E-state index in [4.69, 9.17) is 4.42 Å². The second-order valence-electron chi connectivity index (χ2n) is 6.69. The average Bonchev–Trinajstić information content (AvgIpc) is 3.11. The summed E-state index contributed by atoms with van der Waals surface area (Å²) in [7, 11) is 2.10. The molecule has 1 saturated heterocycles. The summed E-state index contributed by atoms with van der Waals surface area (Å²) in [5.74, 6) is -0.0768. The summed E-state index contributed by atoms with van der Waals surface area (Å²) in [6.07, 6.45) is 3.34. The van der Waals surface area contributed by atoms with E-state index in [0.29, 0.717) is 11.3 Å². The van der Waals surface area contributed by atoms with Crippen molar-refractivity contribution in [2.24, 2.45) is 0 Å². The van der Waals surface area contributed by atoms with Crippen molar-refractivity contribution in [3.05, 3.63) is 54.0 Å². The van der Waals surface area contributed by atoms with Gasteiger partial charge in [-0.15, -0.1) is 0 Å². The molecule has 6 nitrogen and oxygen atoms in total. The van der Waals surface area contributed by atoms with Crippen molar-refractivity contribution in [1.82, 2.24) is 9.80 Å². The molecular weight excluding hydrogens is 330 g/mol. The molecule has 1 N–H and O–H groups in total. The molecule has 138 valence electrons. The summed E-state index contributed by atoms with van der Waals surface area (Å²) >= 11 is 0. The fourth-order valence-corrected chi connectivity index (χ4v) is 3.36. The van der Waals surface area contributed by atoms with Gasteiger partial charge >= 0.3 is 0 Å². The van der Waals surface area contributed by atoms with Gasteiger partial charge in [0.25, 0.3) is 11.8 Å². The van der Waals surface area contributed by atoms with Crippen LogP contribution in [0.1, 0.15) is 40.7 Å². The zero-order chi connectivity index (χ0) is 18.5. The maximum atomic E-state index is 13.1. The Labute approximate surface area is 153 Å². The minimum atomic E-state index is -0.331. The number of benzene rings is 1. The fraction of sp³-hybridized carbons (Fsp3) is 0.400. The van der Waals surface area contributed by atoms with Gasteiger partial charge in [-0.2, -0.15) is 0 Å². The van der Waals surface area contributed by atoms with Crippen LogP contribution in [0, 0.1) is 0 Å². The summed E-state index contributed by atoms with van der Waals surface area (Å²) in [6.45, 7) is 4.76. The van der Waals surface area contributed by atoms with Gasteiger partial charge in [0.1, 0.15) is 0 Å². The van der Waals surface area contributed by atoms with Crippen LogP contribution < -0.4 is 5.32 Å². The number of carbonyl (C=O) groups excluding carboxylic acids is 2. The van der Waals surface area contributed by atoms with E-state index in [2.05, 4.69) is 24.2 Å². The Balaban J connectivity index is 1.76. The molecule has 0 radical (unpaired) electrons. The number of nitrogens with zero attached hydrogens (tertiary/aromatic N) is 2. The molecule has 1 fully saturated rings. The van der Waals surface area contributed by atoms with Crippen LogP contribution in [-0.4, -0.2) is 54.3 Å². The zero-order valence-electron chi connectivity index (χ0n) is 15.3. The molecule has 26 heavy (non-hydrogen) atoms. The first kappa shape index (κ1) is 18.2. The zero-order valence-corrected chi connectivity index (χ0v) is 15.3. The van der Waals surface area contributed by atoms with Crippen LogP contribution in [0.3, 0.4) is 0 Å². The minimum absolute atomic E-state index is 0.0150. The van der Waals surface area contributed by atoms with E-state index in [1.165, 1.54) is 6.26 Å². The van der Waals surface area contributed by atoms with Gasteiger partial charge < -0.3 is 19.5 Å². The Morgan fingerprint density at radius 1 is 1.23 bits per heavy atom. The summed E-state index contributed by atoms with van der Waals surface area (Å²) in [4.78, 5) is 29.5. The SMILES string of the molecule is CC[C@H]1CN(C)CCCN1C(=O)c1cccc(NC(=O)c2ccco2)c1. The van der Waals surface area contributed by atoms with Gasteiger partial charge in [-0.3, -0.25) is 9.59 Å². The number of hydrogen-bond acceptors (Lipinski definition) is 4. The van der Waals surface area contributed by atoms with Crippen molar-refractivity contribution in [1.29, 1.82) is 0 Å². The van der Waals surface area contributed by atoms with Crippen LogP contribution in [0.5, 0.6) is 0 Å². The molecule has 3 rings (SSSR count). The number of nitrogens with one attached hydrogen (secondary N) is 1. The largest absolute Gasteiger partial charge is 0.459 e. The molecule has 1 aliphatic rings. The van der Waals surface area contributed by atoms with Crippen LogP contribution >= 0.6 is 0 Å². The molecule has 0 unspecified atom stereocenters. The lowest BCUT2D eigenvalue weighted by Crippen LogP contribution is -2.43. The highest BCUT2D eigenvalue weighted by Gasteiger charge is 2.27. The molecule has 1 aliphatic heterocycles. The molecule has 0 bridgehead atoms. The molecule has 0 saturated carbocycles. The Hall–Kier alpha value is -2.60. The number of anilines is 1. The third kappa shape index (κ3) is 4.14. The predicted octanol–water partition coefficient (Wildman–Crippen LogP) is 3.09. The van der Waals surface area contributed by atoms with Gasteiger partial charge in [-0.05, 0) is 56.8 Å². The summed E-state index contributed by atoms with van der Waals surface area (Å²) in [5, 5.41) is 2.78. The van der Waals surface area contributed by atoms with Gasteiger partial charge in [0.15, 0.2) is 5.76 Å². The van der Waals surface area contributed by atoms with Crippen molar-refractivity contribution < 1.29 is 14.0 Å². The average molecular weight is 355 g/mol. The van der Waals surface area contributed by atoms with Crippen LogP contribution in [0.25, 0.3) is 0 Å². The number of furan rings is 1. The number of hydrogen-bond donors (Lipinski definition) is 1. The third-order valence-electron chi connectivity index (χ3n) is 4.75. The van der Waals surface area contributed by atoms with Crippen molar-refractivity contribution in [2.45, 2.75) is 25.8 Å². The molecule has 2 heterocycles. The molecule has 0 spiro atoms. The van der Waals surface area contributed by atoms with Crippen molar-refractivity contribution in [3.63, 3.8) is 0 Å². The summed E-state index contributed by atoms with van der Waals surface area (Å²) < 4.78 is 5.10. The molecule has 2 aromatic rings. The Morgan fingerprint density at radius 2 is 2.08 bits per heavy atom. The quantitative estimate of drug-likeness (QED) is 0.915. The Morgan fingerprint density at radius 3 is 2.81 bits per heavy atom. The normalized spacial score (nSPS) is 18.4. The van der Waals surface area contributed by atoms with E-state index in [0.717, 1.165) is 32.5 Å². The van der Waals surface area contributed by atoms with Gasteiger partial charge in [-0.1, -0.05) is 13.0 Å². The van der Waals surface area contributed by atoms with Crippen LogP contribution in [0.2, 0.25) is 0 Å².